The van der Waals surface area contributed by atoms with E-state index in [0.717, 1.165) is 5.56 Å². The Morgan fingerprint density at radius 3 is 2.54 bits per heavy atom. The zero-order valence-corrected chi connectivity index (χ0v) is 14.7. The Kier molecular flexibility index (Phi) is 5.92. The van der Waals surface area contributed by atoms with Gasteiger partial charge in [-0.3, -0.25) is 4.79 Å². The Hall–Kier alpha value is -2.41. The van der Waals surface area contributed by atoms with Gasteiger partial charge in [-0.05, 0) is 26.3 Å². The van der Waals surface area contributed by atoms with Gasteiger partial charge in [-0.15, -0.1) is 11.3 Å². The summed E-state index contributed by atoms with van der Waals surface area (Å²) in [5.41, 5.74) is 0.306. The molecular weight excluding hydrogens is 326 g/mol. The number of aromatic nitrogens is 1. The number of thiazole rings is 1. The number of alkyl carbamates (subject to hydrolysis) is 1. The number of carbonyl (C=O) groups is 2. The lowest BCUT2D eigenvalue weighted by atomic mass is 10.1. The van der Waals surface area contributed by atoms with Crippen LogP contribution in [0.3, 0.4) is 0 Å². The van der Waals surface area contributed by atoms with Crippen molar-refractivity contribution >= 4 is 28.5 Å². The average Bonchev–Trinajstić information content (AvgIpc) is 2.98. The lowest BCUT2D eigenvalue weighted by molar-refractivity contribution is -0.118. The smallest absolute Gasteiger partial charge is 0.408 e. The molecule has 0 radical (unpaired) electrons. The highest BCUT2D eigenvalue weighted by molar-refractivity contribution is 7.13. The minimum Gasteiger partial charge on any atom is -0.444 e. The number of hydrogen-bond acceptors (Lipinski definition) is 5. The third kappa shape index (κ3) is 6.00. The van der Waals surface area contributed by atoms with Crippen LogP contribution in [-0.4, -0.2) is 28.6 Å². The Bertz CT molecular complexity index is 666. The molecular formula is C17H21N3O3S. The van der Waals surface area contributed by atoms with E-state index in [9.17, 15) is 9.59 Å². The van der Waals surface area contributed by atoms with Gasteiger partial charge in [-0.2, -0.15) is 0 Å². The first-order valence-corrected chi connectivity index (χ1v) is 8.45. The van der Waals surface area contributed by atoms with E-state index in [1.165, 1.54) is 11.3 Å². The summed E-state index contributed by atoms with van der Waals surface area (Å²) in [7, 11) is 0. The van der Waals surface area contributed by atoms with Gasteiger partial charge in [0.2, 0.25) is 5.91 Å². The molecule has 0 bridgehead atoms. The number of rotatable bonds is 5. The summed E-state index contributed by atoms with van der Waals surface area (Å²) in [5.74, 6) is -0.334. The molecule has 0 saturated carbocycles. The van der Waals surface area contributed by atoms with Crippen molar-refractivity contribution in [2.45, 2.75) is 38.8 Å². The number of amides is 2. The standard InChI is InChI=1S/C17H21N3O3S/c1-17(2,3)23-16(22)19-13(11-12-7-5-4-6-8-12)14(21)20-15-18-9-10-24-15/h4-10,13H,11H2,1-3H3,(H,19,22)(H,18,20,21). The average molecular weight is 347 g/mol. The molecule has 2 N–H and O–H groups in total. The van der Waals surface area contributed by atoms with E-state index in [4.69, 9.17) is 4.74 Å². The molecule has 0 saturated heterocycles. The summed E-state index contributed by atoms with van der Waals surface area (Å²) in [4.78, 5) is 28.6. The van der Waals surface area contributed by atoms with E-state index in [0.29, 0.717) is 11.6 Å². The number of nitrogens with zero attached hydrogens (tertiary/aromatic N) is 1. The SMILES string of the molecule is CC(C)(C)OC(=O)NC(Cc1ccccc1)C(=O)Nc1nccs1. The molecule has 7 heteroatoms. The predicted octanol–water partition coefficient (Wildman–Crippen LogP) is 3.22. The normalized spacial score (nSPS) is 12.3. The summed E-state index contributed by atoms with van der Waals surface area (Å²) < 4.78 is 5.25. The highest BCUT2D eigenvalue weighted by atomic mass is 32.1. The fourth-order valence-corrected chi connectivity index (χ4v) is 2.52. The zero-order chi connectivity index (χ0) is 17.6. The number of anilines is 1. The lowest BCUT2D eigenvalue weighted by Gasteiger charge is -2.23. The second kappa shape index (κ2) is 7.92. The predicted molar refractivity (Wildman–Crippen MR) is 94.0 cm³/mol. The van der Waals surface area contributed by atoms with Crippen LogP contribution in [0.4, 0.5) is 9.93 Å². The lowest BCUT2D eigenvalue weighted by Crippen LogP contribution is -2.47. The Morgan fingerprint density at radius 2 is 1.96 bits per heavy atom. The van der Waals surface area contributed by atoms with E-state index in [-0.39, 0.29) is 5.91 Å². The van der Waals surface area contributed by atoms with Crippen molar-refractivity contribution in [1.82, 2.24) is 10.3 Å². The fraction of sp³-hybridized carbons (Fsp3) is 0.353. The van der Waals surface area contributed by atoms with Gasteiger partial charge in [0.1, 0.15) is 11.6 Å². The second-order valence-electron chi connectivity index (χ2n) is 6.22. The molecule has 2 amide bonds. The Labute approximate surface area is 145 Å². The summed E-state index contributed by atoms with van der Waals surface area (Å²) in [6.07, 6.45) is 1.34. The Balaban J connectivity index is 2.08. The van der Waals surface area contributed by atoms with Crippen molar-refractivity contribution in [3.63, 3.8) is 0 Å². The molecule has 1 aromatic carbocycles. The zero-order valence-electron chi connectivity index (χ0n) is 13.9. The summed E-state index contributed by atoms with van der Waals surface area (Å²) in [5, 5.41) is 7.60. The molecule has 6 nitrogen and oxygen atoms in total. The van der Waals surface area contributed by atoms with Crippen LogP contribution >= 0.6 is 11.3 Å². The van der Waals surface area contributed by atoms with Crippen LogP contribution in [0.2, 0.25) is 0 Å². The van der Waals surface area contributed by atoms with Crippen molar-refractivity contribution in [2.24, 2.45) is 0 Å². The van der Waals surface area contributed by atoms with Crippen molar-refractivity contribution in [1.29, 1.82) is 0 Å². The molecule has 0 spiro atoms. The molecule has 0 fully saturated rings. The maximum absolute atomic E-state index is 12.5. The number of ether oxygens (including phenoxy) is 1. The van der Waals surface area contributed by atoms with Crippen LogP contribution in [0.25, 0.3) is 0 Å². The molecule has 1 aromatic heterocycles. The maximum Gasteiger partial charge on any atom is 0.408 e. The second-order valence-corrected chi connectivity index (χ2v) is 7.11. The highest BCUT2D eigenvalue weighted by Gasteiger charge is 2.25. The van der Waals surface area contributed by atoms with Crippen molar-refractivity contribution in [3.05, 3.63) is 47.5 Å². The van der Waals surface area contributed by atoms with Crippen molar-refractivity contribution in [2.75, 3.05) is 5.32 Å². The molecule has 0 aliphatic rings. The summed E-state index contributed by atoms with van der Waals surface area (Å²) in [6, 6.07) is 8.72. The maximum atomic E-state index is 12.5. The molecule has 1 unspecified atom stereocenters. The van der Waals surface area contributed by atoms with Gasteiger partial charge in [-0.25, -0.2) is 9.78 Å². The summed E-state index contributed by atoms with van der Waals surface area (Å²) in [6.45, 7) is 5.32. The van der Waals surface area contributed by atoms with Crippen LogP contribution in [0.15, 0.2) is 41.9 Å². The minimum absolute atomic E-state index is 0.334. The number of benzene rings is 1. The van der Waals surface area contributed by atoms with E-state index in [2.05, 4.69) is 15.6 Å². The van der Waals surface area contributed by atoms with Gasteiger partial charge in [0.05, 0.1) is 0 Å². The van der Waals surface area contributed by atoms with Crippen LogP contribution in [-0.2, 0) is 16.0 Å². The van der Waals surface area contributed by atoms with Crippen molar-refractivity contribution in [3.8, 4) is 0 Å². The van der Waals surface area contributed by atoms with Gasteiger partial charge in [0, 0.05) is 18.0 Å². The van der Waals surface area contributed by atoms with Crippen LogP contribution in [0.1, 0.15) is 26.3 Å². The first-order chi connectivity index (χ1) is 11.3. The number of carbonyl (C=O) groups excluding carboxylic acids is 2. The van der Waals surface area contributed by atoms with Crippen molar-refractivity contribution < 1.29 is 14.3 Å². The molecule has 24 heavy (non-hydrogen) atoms. The Morgan fingerprint density at radius 1 is 1.25 bits per heavy atom. The first-order valence-electron chi connectivity index (χ1n) is 7.57. The molecule has 0 aliphatic heterocycles. The minimum atomic E-state index is -0.758. The van der Waals surface area contributed by atoms with E-state index in [1.54, 1.807) is 32.3 Å². The van der Waals surface area contributed by atoms with Crippen LogP contribution in [0.5, 0.6) is 0 Å². The molecule has 2 aromatic rings. The van der Waals surface area contributed by atoms with Gasteiger partial charge in [0.25, 0.3) is 0 Å². The van der Waals surface area contributed by atoms with E-state index in [1.807, 2.05) is 30.3 Å². The largest absolute Gasteiger partial charge is 0.444 e. The van der Waals surface area contributed by atoms with Gasteiger partial charge < -0.3 is 15.4 Å². The van der Waals surface area contributed by atoms with Gasteiger partial charge >= 0.3 is 6.09 Å². The fourth-order valence-electron chi connectivity index (χ4n) is 1.99. The summed E-state index contributed by atoms with van der Waals surface area (Å²) >= 11 is 1.32. The number of nitrogens with one attached hydrogen (secondary N) is 2. The highest BCUT2D eigenvalue weighted by Crippen LogP contribution is 2.13. The third-order valence-corrected chi connectivity index (χ3v) is 3.64. The molecule has 0 aliphatic carbocycles. The first kappa shape index (κ1) is 17.9. The molecule has 1 heterocycles. The van der Waals surface area contributed by atoms with Gasteiger partial charge in [0.15, 0.2) is 5.13 Å². The third-order valence-electron chi connectivity index (χ3n) is 2.95. The monoisotopic (exact) mass is 347 g/mol. The molecule has 128 valence electrons. The molecule has 1 atom stereocenters. The van der Waals surface area contributed by atoms with Crippen LogP contribution in [0, 0.1) is 0 Å². The topological polar surface area (TPSA) is 80.3 Å². The molecule has 2 rings (SSSR count). The van der Waals surface area contributed by atoms with Gasteiger partial charge in [-0.1, -0.05) is 30.3 Å². The van der Waals surface area contributed by atoms with Crippen LogP contribution < -0.4 is 10.6 Å². The quantitative estimate of drug-likeness (QED) is 0.870. The number of hydrogen-bond donors (Lipinski definition) is 2. The van der Waals surface area contributed by atoms with E-state index >= 15 is 0 Å². The van der Waals surface area contributed by atoms with E-state index < -0.39 is 17.7 Å².